The second-order valence-corrected chi connectivity index (χ2v) is 5.12. The van der Waals surface area contributed by atoms with E-state index in [9.17, 15) is 9.18 Å². The molecule has 0 spiro atoms. The van der Waals surface area contributed by atoms with Crippen LogP contribution in [0, 0.1) is 5.82 Å². The zero-order valence-electron chi connectivity index (χ0n) is 11.7. The summed E-state index contributed by atoms with van der Waals surface area (Å²) in [6.45, 7) is 0. The number of rotatable bonds is 3. The number of amides is 1. The molecule has 0 saturated heterocycles. The van der Waals surface area contributed by atoms with Crippen LogP contribution in [0.1, 0.15) is 10.4 Å². The van der Waals surface area contributed by atoms with Crippen LogP contribution < -0.4 is 16.0 Å². The van der Waals surface area contributed by atoms with E-state index in [0.29, 0.717) is 10.7 Å². The van der Waals surface area contributed by atoms with Gasteiger partial charge in [-0.3, -0.25) is 4.79 Å². The molecule has 2 aromatic rings. The second-order valence-electron chi connectivity index (χ2n) is 4.72. The number of nitrogens with two attached hydrogens (primary N) is 1. The van der Waals surface area contributed by atoms with Crippen LogP contribution in [0.15, 0.2) is 36.4 Å². The van der Waals surface area contributed by atoms with Gasteiger partial charge in [0.05, 0.1) is 22.0 Å². The second kappa shape index (κ2) is 6.01. The monoisotopic (exact) mass is 307 g/mol. The van der Waals surface area contributed by atoms with Gasteiger partial charge in [-0.1, -0.05) is 17.7 Å². The summed E-state index contributed by atoms with van der Waals surface area (Å²) < 4.78 is 13.4. The minimum absolute atomic E-state index is 0.0859. The fraction of sp³-hybridized carbons (Fsp3) is 0.133. The minimum atomic E-state index is -0.622. The zero-order valence-corrected chi connectivity index (χ0v) is 12.4. The van der Waals surface area contributed by atoms with Gasteiger partial charge in [-0.2, -0.15) is 0 Å². The molecule has 110 valence electrons. The van der Waals surface area contributed by atoms with Crippen molar-refractivity contribution >= 4 is 34.6 Å². The van der Waals surface area contributed by atoms with Crippen molar-refractivity contribution in [1.82, 2.24) is 0 Å². The van der Waals surface area contributed by atoms with Gasteiger partial charge in [-0.15, -0.1) is 0 Å². The Morgan fingerprint density at radius 3 is 2.62 bits per heavy atom. The molecule has 2 rings (SSSR count). The number of nitrogens with one attached hydrogen (secondary N) is 1. The van der Waals surface area contributed by atoms with E-state index in [0.717, 1.165) is 5.69 Å². The number of hydrogen-bond donors (Lipinski definition) is 2. The van der Waals surface area contributed by atoms with Gasteiger partial charge >= 0.3 is 0 Å². The van der Waals surface area contributed by atoms with Gasteiger partial charge in [0.15, 0.2) is 0 Å². The first kappa shape index (κ1) is 15.1. The lowest BCUT2D eigenvalue weighted by Gasteiger charge is -2.15. The maximum atomic E-state index is 13.4. The fourth-order valence-corrected chi connectivity index (χ4v) is 2.23. The van der Waals surface area contributed by atoms with Crippen LogP contribution in [-0.4, -0.2) is 20.0 Å². The lowest BCUT2D eigenvalue weighted by Crippen LogP contribution is -2.15. The Kier molecular flexibility index (Phi) is 4.33. The van der Waals surface area contributed by atoms with Crippen LogP contribution >= 0.6 is 11.6 Å². The molecule has 4 nitrogen and oxygen atoms in total. The molecule has 0 aliphatic carbocycles. The van der Waals surface area contributed by atoms with E-state index < -0.39 is 11.7 Å². The number of carbonyl (C=O) groups excluding carboxylic acids is 1. The Balaban J connectivity index is 2.24. The fourth-order valence-electron chi connectivity index (χ4n) is 1.88. The van der Waals surface area contributed by atoms with Crippen LogP contribution in [0.25, 0.3) is 0 Å². The molecule has 0 saturated carbocycles. The van der Waals surface area contributed by atoms with Gasteiger partial charge in [-0.05, 0) is 30.3 Å². The highest BCUT2D eigenvalue weighted by Crippen LogP contribution is 2.28. The van der Waals surface area contributed by atoms with E-state index >= 15 is 0 Å². The molecule has 0 aliphatic heterocycles. The number of nitrogens with zero attached hydrogens (tertiary/aromatic N) is 1. The Labute approximate surface area is 127 Å². The van der Waals surface area contributed by atoms with Crippen molar-refractivity contribution in [2.24, 2.45) is 0 Å². The minimum Gasteiger partial charge on any atom is -0.396 e. The lowest BCUT2D eigenvalue weighted by molar-refractivity contribution is 0.102. The third-order valence-corrected chi connectivity index (χ3v) is 3.29. The van der Waals surface area contributed by atoms with E-state index in [2.05, 4.69) is 5.32 Å². The summed E-state index contributed by atoms with van der Waals surface area (Å²) in [5, 5.41) is 3.15. The predicted molar refractivity (Wildman–Crippen MR) is 84.5 cm³/mol. The van der Waals surface area contributed by atoms with Gasteiger partial charge < -0.3 is 16.0 Å². The number of para-hydroxylation sites is 1. The predicted octanol–water partition coefficient (Wildman–Crippen LogP) is 3.38. The first-order valence-corrected chi connectivity index (χ1v) is 6.60. The molecule has 0 bridgehead atoms. The van der Waals surface area contributed by atoms with E-state index in [1.807, 2.05) is 19.0 Å². The van der Waals surface area contributed by atoms with E-state index in [4.69, 9.17) is 17.3 Å². The van der Waals surface area contributed by atoms with E-state index in [-0.39, 0.29) is 11.3 Å². The third-order valence-electron chi connectivity index (χ3n) is 2.98. The average Bonchev–Trinajstić information content (AvgIpc) is 2.41. The van der Waals surface area contributed by atoms with Crippen molar-refractivity contribution in [2.75, 3.05) is 30.0 Å². The number of hydrogen-bond acceptors (Lipinski definition) is 3. The molecular formula is C15H15ClFN3O. The van der Waals surface area contributed by atoms with Crippen LogP contribution in [0.2, 0.25) is 5.02 Å². The quantitative estimate of drug-likeness (QED) is 0.855. The molecule has 0 unspecified atom stereocenters. The van der Waals surface area contributed by atoms with Crippen LogP contribution in [0.5, 0.6) is 0 Å². The van der Waals surface area contributed by atoms with Crippen molar-refractivity contribution in [3.05, 3.63) is 52.8 Å². The summed E-state index contributed by atoms with van der Waals surface area (Å²) in [5.74, 6) is -1.11. The number of anilines is 3. The molecule has 21 heavy (non-hydrogen) atoms. The number of benzene rings is 2. The normalized spacial score (nSPS) is 10.3. The van der Waals surface area contributed by atoms with Crippen LogP contribution in [-0.2, 0) is 0 Å². The molecule has 0 atom stereocenters. The maximum absolute atomic E-state index is 13.4. The molecule has 3 N–H and O–H groups in total. The molecule has 1 amide bonds. The Morgan fingerprint density at radius 2 is 2.00 bits per heavy atom. The van der Waals surface area contributed by atoms with Crippen molar-refractivity contribution in [1.29, 1.82) is 0 Å². The van der Waals surface area contributed by atoms with Crippen LogP contribution in [0.4, 0.5) is 21.5 Å². The highest BCUT2D eigenvalue weighted by molar-refractivity contribution is 6.33. The van der Waals surface area contributed by atoms with Gasteiger partial charge in [0, 0.05) is 19.8 Å². The summed E-state index contributed by atoms with van der Waals surface area (Å²) in [5.41, 5.74) is 6.82. The Bertz CT molecular complexity index is 689. The largest absolute Gasteiger partial charge is 0.396 e. The molecular weight excluding hydrogens is 293 g/mol. The van der Waals surface area contributed by atoms with Gasteiger partial charge in [-0.25, -0.2) is 4.39 Å². The highest BCUT2D eigenvalue weighted by Gasteiger charge is 2.13. The molecule has 6 heteroatoms. The third kappa shape index (κ3) is 3.25. The van der Waals surface area contributed by atoms with E-state index in [1.54, 1.807) is 18.2 Å². The molecule has 0 heterocycles. The van der Waals surface area contributed by atoms with Crippen LogP contribution in [0.3, 0.4) is 0 Å². The first-order valence-electron chi connectivity index (χ1n) is 6.22. The van der Waals surface area contributed by atoms with Gasteiger partial charge in [0.1, 0.15) is 5.82 Å². The van der Waals surface area contributed by atoms with Crippen molar-refractivity contribution in [3.63, 3.8) is 0 Å². The Hall–Kier alpha value is -2.27. The smallest absolute Gasteiger partial charge is 0.257 e. The molecule has 2 aromatic carbocycles. The molecule has 0 radical (unpaired) electrons. The average molecular weight is 308 g/mol. The summed E-state index contributed by atoms with van der Waals surface area (Å²) in [6.07, 6.45) is 0. The van der Waals surface area contributed by atoms with E-state index in [1.165, 1.54) is 18.2 Å². The Morgan fingerprint density at radius 1 is 1.29 bits per heavy atom. The first-order chi connectivity index (χ1) is 9.90. The summed E-state index contributed by atoms with van der Waals surface area (Å²) >= 11 is 6.13. The summed E-state index contributed by atoms with van der Waals surface area (Å²) in [4.78, 5) is 14.0. The zero-order chi connectivity index (χ0) is 15.6. The molecule has 0 aromatic heterocycles. The van der Waals surface area contributed by atoms with Gasteiger partial charge in [0.2, 0.25) is 0 Å². The van der Waals surface area contributed by atoms with Gasteiger partial charge in [0.25, 0.3) is 5.91 Å². The van der Waals surface area contributed by atoms with Crippen molar-refractivity contribution in [2.45, 2.75) is 0 Å². The SMILES string of the molecule is CN(C)c1ccc(NC(=O)c2cccc(F)c2N)cc1Cl. The topological polar surface area (TPSA) is 58.4 Å². The number of nitrogen functional groups attached to an aromatic ring is 1. The summed E-state index contributed by atoms with van der Waals surface area (Å²) in [7, 11) is 3.74. The maximum Gasteiger partial charge on any atom is 0.257 e. The molecule has 0 aliphatic rings. The number of carbonyl (C=O) groups is 1. The van der Waals surface area contributed by atoms with Crippen molar-refractivity contribution < 1.29 is 9.18 Å². The number of halogens is 2. The standard InChI is InChI=1S/C15H15ClFN3O/c1-20(2)13-7-6-9(8-11(13)16)19-15(21)10-4-3-5-12(17)14(10)18/h3-8H,18H2,1-2H3,(H,19,21). The highest BCUT2D eigenvalue weighted by atomic mass is 35.5. The molecule has 0 fully saturated rings. The van der Waals surface area contributed by atoms with Crippen molar-refractivity contribution in [3.8, 4) is 0 Å². The lowest BCUT2D eigenvalue weighted by atomic mass is 10.1. The summed E-state index contributed by atoms with van der Waals surface area (Å²) in [6, 6.07) is 9.23.